The summed E-state index contributed by atoms with van der Waals surface area (Å²) in [4.78, 5) is 0. The van der Waals surface area contributed by atoms with Crippen molar-refractivity contribution < 1.29 is 69.4 Å². The summed E-state index contributed by atoms with van der Waals surface area (Å²) in [6.45, 7) is 0. The molecule has 296 valence electrons. The molecule has 4 fully saturated rings. The number of alkyl halides is 6. The SMILES string of the molecule is O=S(=O)([N-]c1ccc2ccccc2c1-c1c([N-]S(=O)(=O)C(F)(F)F)ccc2ccccc12)C(F)(F)F.[CH]1[CH][C](CC[C]2[CH][CH][C]3CCCC[C]32)[C]2CCCC[C]12.[Zr+2]. The zero-order valence-corrected chi connectivity index (χ0v) is 34.5. The zero-order chi connectivity index (χ0) is 39.9. The number of nitrogens with zero attached hydrogens (tertiary/aromatic N) is 2. The molecule has 0 saturated heterocycles. The molecule has 0 bridgehead atoms. The Bertz CT molecular complexity index is 2110. The molecule has 4 aliphatic rings. The number of fused-ring (bicyclic) bond motifs is 4. The summed E-state index contributed by atoms with van der Waals surface area (Å²) in [5, 5.41) is 0.948. The maximum Gasteiger partial charge on any atom is 2.00 e. The van der Waals surface area contributed by atoms with Crippen molar-refractivity contribution in [1.82, 2.24) is 0 Å². The molecule has 0 spiro atoms. The van der Waals surface area contributed by atoms with Crippen LogP contribution in [0.15, 0.2) is 72.8 Å². The summed E-state index contributed by atoms with van der Waals surface area (Å²) in [6, 6.07) is 16.3. The fourth-order valence-corrected chi connectivity index (χ4v) is 8.89. The van der Waals surface area contributed by atoms with Gasteiger partial charge in [0.15, 0.2) is 20.0 Å². The Morgan fingerprint density at radius 3 is 1.25 bits per heavy atom. The number of halogens is 6. The van der Waals surface area contributed by atoms with E-state index in [2.05, 4.69) is 35.1 Å². The zero-order valence-electron chi connectivity index (χ0n) is 30.4. The molecule has 0 heterocycles. The first-order valence-corrected chi connectivity index (χ1v) is 21.1. The van der Waals surface area contributed by atoms with Gasteiger partial charge in [-0.25, -0.2) is 16.8 Å². The Kier molecular flexibility index (Phi) is 13.5. The first kappa shape index (κ1) is 43.9. The molecule has 0 N–H and O–H groups in total. The smallest absolute Gasteiger partial charge is 0.569 e. The molecule has 57 heavy (non-hydrogen) atoms. The number of benzene rings is 4. The van der Waals surface area contributed by atoms with Crippen LogP contribution in [0.25, 0.3) is 42.1 Å². The first-order chi connectivity index (χ1) is 26.5. The van der Waals surface area contributed by atoms with Crippen LogP contribution in [0.5, 0.6) is 0 Å². The fraction of sp³-hybridized carbons (Fsp3) is 0.286. The van der Waals surface area contributed by atoms with Gasteiger partial charge in [-0.15, -0.1) is 11.4 Å². The second-order valence-electron chi connectivity index (χ2n) is 14.0. The molecule has 0 atom stereocenters. The average Bonchev–Trinajstić information content (AvgIpc) is 3.77. The summed E-state index contributed by atoms with van der Waals surface area (Å²) in [6.07, 6.45) is 23.0. The van der Waals surface area contributed by atoms with Crippen LogP contribution in [-0.2, 0) is 46.2 Å². The summed E-state index contributed by atoms with van der Waals surface area (Å²) >= 11 is 0. The van der Waals surface area contributed by atoms with Crippen molar-refractivity contribution in [2.24, 2.45) is 0 Å². The van der Waals surface area contributed by atoms with E-state index in [0.29, 0.717) is 10.8 Å². The van der Waals surface area contributed by atoms with E-state index in [-0.39, 0.29) is 48.1 Å². The standard InChI is InChI=1S/C22H12F6N2O4S2.C20H24.Zr/c23-21(24,25)35(31,32)29-17-11-9-13-5-1-3-7-15(13)19(17)20-16-8-4-2-6-14(16)10-12-18(20)30-36(33,34)22(26,27)28;1-3-7-19-15(5-1)9-11-17(19)13-14-18-12-10-16-6-2-4-8-20(16)18;/h1-12H;9-12H,1-8,13-14H2;/q-2;;+2. The van der Waals surface area contributed by atoms with E-state index < -0.39 is 42.4 Å². The quantitative estimate of drug-likeness (QED) is 0.165. The summed E-state index contributed by atoms with van der Waals surface area (Å²) in [7, 11) is -12.2. The van der Waals surface area contributed by atoms with Crippen LogP contribution in [0.2, 0.25) is 0 Å². The van der Waals surface area contributed by atoms with Gasteiger partial charge in [0, 0.05) is 0 Å². The number of hydrogen-bond acceptors (Lipinski definition) is 4. The predicted molar refractivity (Wildman–Crippen MR) is 206 cm³/mol. The predicted octanol–water partition coefficient (Wildman–Crippen LogP) is 12.6. The van der Waals surface area contributed by atoms with Crippen LogP contribution in [0.4, 0.5) is 37.7 Å². The molecule has 6 nitrogen and oxygen atoms in total. The third kappa shape index (κ3) is 9.40. The van der Waals surface area contributed by atoms with Crippen molar-refractivity contribution in [1.29, 1.82) is 0 Å². The van der Waals surface area contributed by atoms with E-state index in [1.54, 1.807) is 47.6 Å². The van der Waals surface area contributed by atoms with Crippen LogP contribution in [0.1, 0.15) is 64.2 Å². The van der Waals surface area contributed by atoms with Crippen LogP contribution in [0.3, 0.4) is 0 Å². The van der Waals surface area contributed by atoms with Crippen LogP contribution < -0.4 is 0 Å². The minimum atomic E-state index is -6.08. The molecule has 0 amide bonds. The topological polar surface area (TPSA) is 96.5 Å². The second-order valence-corrected chi connectivity index (χ2v) is 17.2. The maximum absolute atomic E-state index is 13.1. The number of hydrogen-bond donors (Lipinski definition) is 0. The van der Waals surface area contributed by atoms with Gasteiger partial charge in [0.25, 0.3) is 0 Å². The van der Waals surface area contributed by atoms with Crippen molar-refractivity contribution in [2.45, 2.75) is 75.2 Å². The summed E-state index contributed by atoms with van der Waals surface area (Å²) in [5.74, 6) is 10.00. The van der Waals surface area contributed by atoms with Gasteiger partial charge < -0.3 is 9.44 Å². The third-order valence-corrected chi connectivity index (χ3v) is 12.6. The van der Waals surface area contributed by atoms with Gasteiger partial charge in [0.05, 0.1) is 0 Å². The van der Waals surface area contributed by atoms with Crippen molar-refractivity contribution in [2.75, 3.05) is 0 Å². The normalized spacial score (nSPS) is 19.5. The van der Waals surface area contributed by atoms with E-state index in [1.807, 2.05) is 0 Å². The van der Waals surface area contributed by atoms with E-state index >= 15 is 0 Å². The number of rotatable bonds is 8. The van der Waals surface area contributed by atoms with Gasteiger partial charge in [0.2, 0.25) is 0 Å². The molecule has 4 aromatic rings. The summed E-state index contributed by atoms with van der Waals surface area (Å²) in [5.41, 5.74) is -13.7. The Labute approximate surface area is 350 Å². The molecule has 0 unspecified atom stereocenters. The van der Waals surface area contributed by atoms with Crippen LogP contribution in [-0.4, -0.2) is 27.9 Å². The maximum atomic E-state index is 13.1. The largest absolute Gasteiger partial charge is 2.00 e. The minimum Gasteiger partial charge on any atom is -0.569 e. The van der Waals surface area contributed by atoms with Gasteiger partial charge in [-0.2, -0.15) is 26.3 Å². The molecule has 8 rings (SSSR count). The minimum absolute atomic E-state index is 0. The van der Waals surface area contributed by atoms with E-state index in [9.17, 15) is 43.2 Å². The van der Waals surface area contributed by atoms with Gasteiger partial charge in [0.1, 0.15) is 0 Å². The average molecular weight is 902 g/mol. The Morgan fingerprint density at radius 2 is 0.860 bits per heavy atom. The summed E-state index contributed by atoms with van der Waals surface area (Å²) < 4.78 is 132. The van der Waals surface area contributed by atoms with E-state index in [1.165, 1.54) is 113 Å². The Balaban J connectivity index is 0.000000220. The van der Waals surface area contributed by atoms with Crippen LogP contribution in [0, 0.1) is 61.2 Å². The first-order valence-electron chi connectivity index (χ1n) is 18.2. The van der Waals surface area contributed by atoms with Crippen molar-refractivity contribution in [3.8, 4) is 11.1 Å². The van der Waals surface area contributed by atoms with Crippen LogP contribution >= 0.6 is 0 Å². The van der Waals surface area contributed by atoms with Gasteiger partial charge >= 0.3 is 37.2 Å². The van der Waals surface area contributed by atoms with Crippen molar-refractivity contribution in [3.05, 3.63) is 143 Å². The Hall–Kier alpha value is -2.64. The van der Waals surface area contributed by atoms with Gasteiger partial charge in [-0.1, -0.05) is 98.5 Å². The van der Waals surface area contributed by atoms with E-state index in [4.69, 9.17) is 0 Å². The fourth-order valence-electron chi connectivity index (χ4n) is 7.86. The van der Waals surface area contributed by atoms with Crippen molar-refractivity contribution in [3.63, 3.8) is 0 Å². The molecule has 0 aliphatic heterocycles. The number of sulfonamides is 2. The molecule has 4 saturated carbocycles. The van der Waals surface area contributed by atoms with Crippen molar-refractivity contribution >= 4 is 53.0 Å². The molecular formula is C42H36F6N2O4S2Zr. The van der Waals surface area contributed by atoms with Gasteiger partial charge in [-0.3, -0.25) is 0 Å². The van der Waals surface area contributed by atoms with Gasteiger partial charge in [-0.05, 0) is 132 Å². The molecule has 0 aromatic heterocycles. The second kappa shape index (κ2) is 17.5. The molecule has 4 aliphatic carbocycles. The third-order valence-electron chi connectivity index (χ3n) is 10.5. The molecule has 15 heteroatoms. The Morgan fingerprint density at radius 1 is 0.491 bits per heavy atom. The monoisotopic (exact) mass is 900 g/mol. The molecule has 4 aromatic carbocycles. The van der Waals surface area contributed by atoms with E-state index in [0.717, 1.165) is 12.1 Å². The molecule has 10 radical (unpaired) electrons. The molecular weight excluding hydrogens is 866 g/mol.